The van der Waals surface area contributed by atoms with Crippen molar-refractivity contribution in [3.63, 3.8) is 0 Å². The van der Waals surface area contributed by atoms with Gasteiger partial charge >= 0.3 is 0 Å². The molecule has 0 heterocycles. The van der Waals surface area contributed by atoms with E-state index in [0.29, 0.717) is 6.42 Å². The minimum absolute atomic E-state index is 0.177. The molecule has 0 aliphatic heterocycles. The van der Waals surface area contributed by atoms with Gasteiger partial charge in [0.05, 0.1) is 0 Å². The van der Waals surface area contributed by atoms with Crippen molar-refractivity contribution in [1.29, 1.82) is 0 Å². The maximum absolute atomic E-state index is 11.1. The second-order valence-electron chi connectivity index (χ2n) is 2.90. The Morgan fingerprint density at radius 2 is 2.08 bits per heavy atom. The fourth-order valence-corrected chi connectivity index (χ4v) is 1.44. The first-order chi connectivity index (χ1) is 6.31. The number of carbonyl (C=O) groups is 1. The monoisotopic (exact) mass is 204 g/mol. The van der Waals surface area contributed by atoms with Gasteiger partial charge < -0.3 is 10.6 Å². The van der Waals surface area contributed by atoms with E-state index in [-0.39, 0.29) is 5.91 Å². The summed E-state index contributed by atoms with van der Waals surface area (Å²) in [5, 5.41) is 5.83. The summed E-state index contributed by atoms with van der Waals surface area (Å²) in [7, 11) is 1.88. The molecule has 0 atom stereocenters. The standard InChI is InChI=1S/C9H20N2OS/c1-10-6-7-11-9(12)5-3-4-8-13-2/h10H,3-8H2,1-2H3,(H,11,12). The van der Waals surface area contributed by atoms with Gasteiger partial charge in [-0.3, -0.25) is 4.79 Å². The smallest absolute Gasteiger partial charge is 0.220 e. The SMILES string of the molecule is CNCCNC(=O)CCCCSC. The van der Waals surface area contributed by atoms with Gasteiger partial charge in [-0.25, -0.2) is 0 Å². The first-order valence-corrected chi connectivity index (χ1v) is 6.11. The van der Waals surface area contributed by atoms with E-state index in [1.807, 2.05) is 18.8 Å². The minimum atomic E-state index is 0.177. The fourth-order valence-electron chi connectivity index (χ4n) is 0.947. The van der Waals surface area contributed by atoms with E-state index >= 15 is 0 Å². The highest BCUT2D eigenvalue weighted by molar-refractivity contribution is 7.98. The Bertz CT molecular complexity index is 131. The van der Waals surface area contributed by atoms with Crippen LogP contribution in [0, 0.1) is 0 Å². The third-order valence-electron chi connectivity index (χ3n) is 1.70. The molecule has 3 nitrogen and oxygen atoms in total. The van der Waals surface area contributed by atoms with Crippen molar-refractivity contribution in [2.75, 3.05) is 32.1 Å². The Labute approximate surface area is 85.0 Å². The molecule has 0 spiro atoms. The number of carbonyl (C=O) groups excluding carboxylic acids is 1. The molecule has 4 heteroatoms. The molecule has 0 saturated carbocycles. The van der Waals surface area contributed by atoms with Crippen molar-refractivity contribution >= 4 is 17.7 Å². The molecule has 0 aliphatic carbocycles. The van der Waals surface area contributed by atoms with Crippen LogP contribution in [0.1, 0.15) is 19.3 Å². The van der Waals surface area contributed by atoms with Gasteiger partial charge in [0, 0.05) is 19.5 Å². The Morgan fingerprint density at radius 1 is 1.31 bits per heavy atom. The normalized spacial score (nSPS) is 10.0. The van der Waals surface area contributed by atoms with Crippen molar-refractivity contribution in [3.05, 3.63) is 0 Å². The number of nitrogens with one attached hydrogen (secondary N) is 2. The van der Waals surface area contributed by atoms with Gasteiger partial charge in [-0.15, -0.1) is 0 Å². The molecule has 0 radical (unpaired) electrons. The van der Waals surface area contributed by atoms with E-state index in [1.54, 1.807) is 0 Å². The third kappa shape index (κ3) is 9.70. The van der Waals surface area contributed by atoms with Gasteiger partial charge in [0.2, 0.25) is 5.91 Å². The second kappa shape index (κ2) is 9.86. The zero-order chi connectivity index (χ0) is 9.94. The van der Waals surface area contributed by atoms with Crippen LogP contribution >= 0.6 is 11.8 Å². The van der Waals surface area contributed by atoms with Crippen LogP contribution < -0.4 is 10.6 Å². The molecule has 78 valence electrons. The predicted molar refractivity (Wildman–Crippen MR) is 59.2 cm³/mol. The maximum Gasteiger partial charge on any atom is 0.220 e. The lowest BCUT2D eigenvalue weighted by Crippen LogP contribution is -2.30. The second-order valence-corrected chi connectivity index (χ2v) is 3.89. The topological polar surface area (TPSA) is 41.1 Å². The van der Waals surface area contributed by atoms with Crippen LogP contribution in [0.15, 0.2) is 0 Å². The summed E-state index contributed by atoms with van der Waals surface area (Å²) in [5.74, 6) is 1.33. The van der Waals surface area contributed by atoms with Gasteiger partial charge in [-0.1, -0.05) is 0 Å². The van der Waals surface area contributed by atoms with E-state index < -0.39 is 0 Å². The lowest BCUT2D eigenvalue weighted by atomic mass is 10.2. The van der Waals surface area contributed by atoms with Crippen molar-refractivity contribution in [2.24, 2.45) is 0 Å². The van der Waals surface area contributed by atoms with Crippen molar-refractivity contribution in [1.82, 2.24) is 10.6 Å². The number of unbranched alkanes of at least 4 members (excludes halogenated alkanes) is 1. The molecular formula is C9H20N2OS. The largest absolute Gasteiger partial charge is 0.355 e. The van der Waals surface area contributed by atoms with Crippen molar-refractivity contribution in [2.45, 2.75) is 19.3 Å². The van der Waals surface area contributed by atoms with Crippen LogP contribution in [-0.4, -0.2) is 38.1 Å². The summed E-state index contributed by atoms with van der Waals surface area (Å²) in [5.41, 5.74) is 0. The molecule has 0 rings (SSSR count). The van der Waals surface area contributed by atoms with E-state index in [2.05, 4.69) is 16.9 Å². The highest BCUT2D eigenvalue weighted by Crippen LogP contribution is 2.01. The lowest BCUT2D eigenvalue weighted by Gasteiger charge is -2.03. The number of rotatable bonds is 8. The third-order valence-corrected chi connectivity index (χ3v) is 2.40. The number of thioether (sulfide) groups is 1. The van der Waals surface area contributed by atoms with Crippen LogP contribution in [0.3, 0.4) is 0 Å². The zero-order valence-corrected chi connectivity index (χ0v) is 9.38. The number of hydrogen-bond acceptors (Lipinski definition) is 3. The average Bonchev–Trinajstić information content (AvgIpc) is 2.13. The van der Waals surface area contributed by atoms with Crippen LogP contribution in [0.2, 0.25) is 0 Å². The summed E-state index contributed by atoms with van der Waals surface area (Å²) in [6, 6.07) is 0. The molecule has 0 aromatic carbocycles. The predicted octanol–water partition coefficient (Wildman–Crippen LogP) is 0.855. The van der Waals surface area contributed by atoms with Gasteiger partial charge in [0.1, 0.15) is 0 Å². The number of amides is 1. The first-order valence-electron chi connectivity index (χ1n) is 4.71. The van der Waals surface area contributed by atoms with Crippen molar-refractivity contribution in [3.8, 4) is 0 Å². The molecule has 0 bridgehead atoms. The highest BCUT2D eigenvalue weighted by Gasteiger charge is 1.98. The summed E-state index contributed by atoms with van der Waals surface area (Å²) >= 11 is 1.83. The summed E-state index contributed by atoms with van der Waals surface area (Å²) in [6.07, 6.45) is 4.91. The molecule has 0 aromatic rings. The Kier molecular flexibility index (Phi) is 9.70. The minimum Gasteiger partial charge on any atom is -0.355 e. The molecule has 13 heavy (non-hydrogen) atoms. The van der Waals surface area contributed by atoms with Gasteiger partial charge in [0.25, 0.3) is 0 Å². The highest BCUT2D eigenvalue weighted by atomic mass is 32.2. The van der Waals surface area contributed by atoms with E-state index in [1.165, 1.54) is 0 Å². The molecule has 2 N–H and O–H groups in total. The fraction of sp³-hybridized carbons (Fsp3) is 0.889. The first kappa shape index (κ1) is 12.8. The lowest BCUT2D eigenvalue weighted by molar-refractivity contribution is -0.121. The summed E-state index contributed by atoms with van der Waals surface area (Å²) < 4.78 is 0. The molecule has 0 aromatic heterocycles. The molecule has 0 aliphatic rings. The van der Waals surface area contributed by atoms with Crippen LogP contribution in [-0.2, 0) is 4.79 Å². The summed E-state index contributed by atoms with van der Waals surface area (Å²) in [4.78, 5) is 11.1. The van der Waals surface area contributed by atoms with E-state index in [9.17, 15) is 4.79 Å². The molecule has 1 amide bonds. The van der Waals surface area contributed by atoms with Crippen molar-refractivity contribution < 1.29 is 4.79 Å². The number of hydrogen-bond donors (Lipinski definition) is 2. The van der Waals surface area contributed by atoms with Crippen LogP contribution in [0.4, 0.5) is 0 Å². The van der Waals surface area contributed by atoms with E-state index in [0.717, 1.165) is 31.7 Å². The Hall–Kier alpha value is -0.220. The maximum atomic E-state index is 11.1. The van der Waals surface area contributed by atoms with Gasteiger partial charge in [0.15, 0.2) is 0 Å². The Balaban J connectivity index is 3.11. The molecular weight excluding hydrogens is 184 g/mol. The summed E-state index contributed by atoms with van der Waals surface area (Å²) in [6.45, 7) is 1.58. The van der Waals surface area contributed by atoms with E-state index in [4.69, 9.17) is 0 Å². The zero-order valence-electron chi connectivity index (χ0n) is 8.56. The van der Waals surface area contributed by atoms with Gasteiger partial charge in [-0.2, -0.15) is 11.8 Å². The average molecular weight is 204 g/mol. The molecule has 0 unspecified atom stereocenters. The van der Waals surface area contributed by atoms with Gasteiger partial charge in [-0.05, 0) is 31.9 Å². The number of likely N-dealkylation sites (N-methyl/N-ethyl adjacent to an activating group) is 1. The Morgan fingerprint density at radius 3 is 2.69 bits per heavy atom. The molecule has 0 fully saturated rings. The van der Waals surface area contributed by atoms with Crippen LogP contribution in [0.5, 0.6) is 0 Å². The quantitative estimate of drug-likeness (QED) is 0.576. The van der Waals surface area contributed by atoms with Crippen LogP contribution in [0.25, 0.3) is 0 Å². The molecule has 0 saturated heterocycles.